The van der Waals surface area contributed by atoms with Crippen LogP contribution in [0.3, 0.4) is 0 Å². The van der Waals surface area contributed by atoms with Crippen molar-refractivity contribution in [3.05, 3.63) is 198 Å². The number of hydrogen-bond donors (Lipinski definition) is 3. The second kappa shape index (κ2) is 18.7. The molecule has 0 saturated carbocycles. The molecule has 7 aromatic rings. The molecule has 0 bridgehead atoms. The summed E-state index contributed by atoms with van der Waals surface area (Å²) in [6, 6.07) is 56.5. The second-order valence-corrected chi connectivity index (χ2v) is 15.6. The van der Waals surface area contributed by atoms with Gasteiger partial charge in [0.2, 0.25) is 0 Å². The molecule has 0 spiro atoms. The topological polar surface area (TPSA) is 92.3 Å². The van der Waals surface area contributed by atoms with E-state index in [2.05, 4.69) is 127 Å². The highest BCUT2D eigenvalue weighted by atomic mass is 16.7. The van der Waals surface area contributed by atoms with Crippen LogP contribution < -0.4 is 15.4 Å². The standard InChI is InChI=1S/C52H51N3O5/c1-35-49(33-55(3)36(2)43-25-22-39-11-7-8-12-45(39)31-43)59-51(60-50(35)41-18-16-37(34-56)17-19-41)42-23-20-40(21-24-42)44-13-9-10-38(30-44)32-53-52(57)54-46-26-28-48(29-27-46)58-47-14-5-4-6-15-47/h4-31,35-36,49-51,56H,32-34H2,1-3H3,(H2,53,54,57)/t35-,36-,49+,50+,51+/m1/s1. The van der Waals surface area contributed by atoms with Crippen LogP contribution in [0, 0.1) is 5.92 Å². The van der Waals surface area contributed by atoms with Gasteiger partial charge in [0.25, 0.3) is 0 Å². The number of ether oxygens (including phenoxy) is 3. The van der Waals surface area contributed by atoms with Crippen LogP contribution in [0.25, 0.3) is 21.9 Å². The molecule has 0 aliphatic carbocycles. The number of carbonyl (C=O) groups is 1. The minimum Gasteiger partial charge on any atom is -0.457 e. The summed E-state index contributed by atoms with van der Waals surface area (Å²) in [4.78, 5) is 15.2. The lowest BCUT2D eigenvalue weighted by Crippen LogP contribution is -2.44. The van der Waals surface area contributed by atoms with Crippen molar-refractivity contribution in [3.63, 3.8) is 0 Å². The van der Waals surface area contributed by atoms with Gasteiger partial charge in [-0.25, -0.2) is 4.79 Å². The first-order valence-electron chi connectivity index (χ1n) is 20.6. The zero-order valence-corrected chi connectivity index (χ0v) is 34.2. The molecule has 3 N–H and O–H groups in total. The first kappa shape index (κ1) is 40.5. The zero-order chi connectivity index (χ0) is 41.4. The van der Waals surface area contributed by atoms with Crippen LogP contribution in [0.4, 0.5) is 10.5 Å². The maximum atomic E-state index is 12.8. The molecule has 1 heterocycles. The number of benzene rings is 7. The van der Waals surface area contributed by atoms with Crippen LogP contribution in [0.2, 0.25) is 0 Å². The van der Waals surface area contributed by atoms with Gasteiger partial charge in [-0.05, 0) is 107 Å². The third kappa shape index (κ3) is 9.76. The van der Waals surface area contributed by atoms with Crippen molar-refractivity contribution in [2.75, 3.05) is 18.9 Å². The number of hydrogen-bond acceptors (Lipinski definition) is 6. The Balaban J connectivity index is 0.926. The van der Waals surface area contributed by atoms with Crippen molar-refractivity contribution >= 4 is 22.5 Å². The van der Waals surface area contributed by atoms with E-state index in [1.54, 1.807) is 0 Å². The fourth-order valence-corrected chi connectivity index (χ4v) is 7.77. The van der Waals surface area contributed by atoms with Crippen molar-refractivity contribution < 1.29 is 24.1 Å². The lowest BCUT2D eigenvalue weighted by molar-refractivity contribution is -0.276. The Labute approximate surface area is 352 Å². The van der Waals surface area contributed by atoms with Gasteiger partial charge >= 0.3 is 6.03 Å². The van der Waals surface area contributed by atoms with Gasteiger partial charge in [-0.3, -0.25) is 4.90 Å². The fourth-order valence-electron chi connectivity index (χ4n) is 7.77. The van der Waals surface area contributed by atoms with Gasteiger partial charge < -0.3 is 30.0 Å². The number of aliphatic hydroxyl groups is 1. The highest BCUT2D eigenvalue weighted by Gasteiger charge is 2.39. The summed E-state index contributed by atoms with van der Waals surface area (Å²) >= 11 is 0. The summed E-state index contributed by atoms with van der Waals surface area (Å²) in [7, 11) is 2.16. The van der Waals surface area contributed by atoms with E-state index in [-0.39, 0.29) is 36.8 Å². The lowest BCUT2D eigenvalue weighted by Gasteiger charge is -2.43. The number of carbonyl (C=O) groups excluding carboxylic acids is 1. The zero-order valence-electron chi connectivity index (χ0n) is 34.2. The van der Waals surface area contributed by atoms with Crippen molar-refractivity contribution in [2.45, 2.75) is 51.5 Å². The molecule has 1 fully saturated rings. The van der Waals surface area contributed by atoms with Crippen LogP contribution in [0.5, 0.6) is 11.5 Å². The second-order valence-electron chi connectivity index (χ2n) is 15.6. The molecule has 0 aromatic heterocycles. The fraction of sp³-hybridized carbons (Fsp3) is 0.212. The van der Waals surface area contributed by atoms with E-state index in [0.29, 0.717) is 24.5 Å². The Morgan fingerprint density at radius 3 is 2.15 bits per heavy atom. The molecule has 1 aliphatic rings. The van der Waals surface area contributed by atoms with Crippen LogP contribution in [0.15, 0.2) is 170 Å². The van der Waals surface area contributed by atoms with E-state index in [9.17, 15) is 9.90 Å². The highest BCUT2D eigenvalue weighted by Crippen LogP contribution is 2.42. The predicted octanol–water partition coefficient (Wildman–Crippen LogP) is 11.6. The smallest absolute Gasteiger partial charge is 0.319 e. The molecule has 0 radical (unpaired) electrons. The van der Waals surface area contributed by atoms with E-state index in [0.717, 1.165) is 39.1 Å². The number of fused-ring (bicyclic) bond motifs is 1. The Hall–Kier alpha value is -6.29. The number of likely N-dealkylation sites (N-methyl/N-ethyl adjacent to an activating group) is 1. The number of rotatable bonds is 13. The molecule has 2 amide bonds. The van der Waals surface area contributed by atoms with Crippen LogP contribution in [-0.2, 0) is 22.6 Å². The number of nitrogens with one attached hydrogen (secondary N) is 2. The Morgan fingerprint density at radius 1 is 0.700 bits per heavy atom. The molecular weight excluding hydrogens is 747 g/mol. The molecule has 60 heavy (non-hydrogen) atoms. The number of amides is 2. The first-order chi connectivity index (χ1) is 29.3. The minimum atomic E-state index is -0.575. The van der Waals surface area contributed by atoms with Gasteiger partial charge in [0.1, 0.15) is 11.5 Å². The molecule has 304 valence electrons. The normalized spacial score (nSPS) is 18.2. The molecule has 0 unspecified atom stereocenters. The maximum absolute atomic E-state index is 12.8. The van der Waals surface area contributed by atoms with Gasteiger partial charge in [0.15, 0.2) is 6.29 Å². The number of aliphatic hydroxyl groups excluding tert-OH is 1. The number of anilines is 1. The lowest BCUT2D eigenvalue weighted by atomic mass is 9.89. The quantitative estimate of drug-likeness (QED) is 0.108. The van der Waals surface area contributed by atoms with E-state index >= 15 is 0 Å². The summed E-state index contributed by atoms with van der Waals surface area (Å²) in [5.41, 5.74) is 7.86. The van der Waals surface area contributed by atoms with Crippen molar-refractivity contribution in [1.29, 1.82) is 0 Å². The summed E-state index contributed by atoms with van der Waals surface area (Å²) < 4.78 is 19.5. The summed E-state index contributed by atoms with van der Waals surface area (Å²) in [6.07, 6.45) is -0.901. The average molecular weight is 798 g/mol. The third-order valence-corrected chi connectivity index (χ3v) is 11.5. The summed E-state index contributed by atoms with van der Waals surface area (Å²) in [5, 5.41) is 18.0. The third-order valence-electron chi connectivity index (χ3n) is 11.5. The molecule has 5 atom stereocenters. The molecule has 1 aliphatic heterocycles. The molecule has 8 rings (SSSR count). The van der Waals surface area contributed by atoms with Crippen LogP contribution in [-0.4, -0.2) is 35.7 Å². The monoisotopic (exact) mass is 797 g/mol. The molecular formula is C52H51N3O5. The largest absolute Gasteiger partial charge is 0.457 e. The maximum Gasteiger partial charge on any atom is 0.319 e. The van der Waals surface area contributed by atoms with Crippen LogP contribution in [0.1, 0.15) is 60.1 Å². The highest BCUT2D eigenvalue weighted by molar-refractivity contribution is 5.89. The summed E-state index contributed by atoms with van der Waals surface area (Å²) in [6.45, 7) is 5.53. The Bertz CT molecular complexity index is 2490. The molecule has 1 saturated heterocycles. The molecule has 8 nitrogen and oxygen atoms in total. The minimum absolute atomic E-state index is 0.00408. The van der Waals surface area contributed by atoms with Crippen LogP contribution >= 0.6 is 0 Å². The SMILES string of the molecule is C[C@@H]1[C@H](CN(C)[C@H](C)c2ccc3ccccc3c2)O[C@H](c2ccc(-c3cccc(CNC(=O)Nc4ccc(Oc5ccccc5)cc4)c3)cc2)O[C@@H]1c1ccc(CO)cc1. The first-order valence-corrected chi connectivity index (χ1v) is 20.6. The van der Waals surface area contributed by atoms with E-state index in [1.165, 1.54) is 16.3 Å². The molecule has 7 aromatic carbocycles. The Morgan fingerprint density at radius 2 is 1.40 bits per heavy atom. The van der Waals surface area contributed by atoms with Gasteiger partial charge in [0, 0.05) is 36.3 Å². The van der Waals surface area contributed by atoms with Crippen molar-refractivity contribution in [3.8, 4) is 22.6 Å². The number of nitrogens with zero attached hydrogens (tertiary/aromatic N) is 1. The predicted molar refractivity (Wildman–Crippen MR) is 239 cm³/mol. The number of para-hydroxylation sites is 1. The Kier molecular flexibility index (Phi) is 12.6. The van der Waals surface area contributed by atoms with Gasteiger partial charge in [-0.2, -0.15) is 0 Å². The van der Waals surface area contributed by atoms with E-state index in [4.69, 9.17) is 14.2 Å². The van der Waals surface area contributed by atoms with Gasteiger partial charge in [-0.1, -0.05) is 128 Å². The number of urea groups is 1. The summed E-state index contributed by atoms with van der Waals surface area (Å²) in [5.74, 6) is 1.50. The van der Waals surface area contributed by atoms with Crippen molar-refractivity contribution in [1.82, 2.24) is 10.2 Å². The van der Waals surface area contributed by atoms with Gasteiger partial charge in [0.05, 0.1) is 18.8 Å². The average Bonchev–Trinajstić information content (AvgIpc) is 3.29. The van der Waals surface area contributed by atoms with E-state index < -0.39 is 6.29 Å². The van der Waals surface area contributed by atoms with Gasteiger partial charge in [-0.15, -0.1) is 0 Å². The molecule has 8 heteroatoms. The van der Waals surface area contributed by atoms with E-state index in [1.807, 2.05) is 78.9 Å². The van der Waals surface area contributed by atoms with Crippen molar-refractivity contribution in [2.24, 2.45) is 5.92 Å².